The highest BCUT2D eigenvalue weighted by molar-refractivity contribution is 5.71. The van der Waals surface area contributed by atoms with Gasteiger partial charge in [0.25, 0.3) is 0 Å². The van der Waals surface area contributed by atoms with Gasteiger partial charge < -0.3 is 5.11 Å². The third kappa shape index (κ3) is 1.64. The van der Waals surface area contributed by atoms with Gasteiger partial charge in [-0.2, -0.15) is 0 Å². The van der Waals surface area contributed by atoms with E-state index in [2.05, 4.69) is 29.2 Å². The predicted octanol–water partition coefficient (Wildman–Crippen LogP) is 2.26. The van der Waals surface area contributed by atoms with Crippen LogP contribution in [0.5, 0.6) is 0 Å². The molecule has 4 unspecified atom stereocenters. The summed E-state index contributed by atoms with van der Waals surface area (Å²) in [6, 6.07) is 9.49. The summed E-state index contributed by atoms with van der Waals surface area (Å²) in [4.78, 5) is 13.8. The molecule has 3 nitrogen and oxygen atoms in total. The van der Waals surface area contributed by atoms with Gasteiger partial charge >= 0.3 is 5.97 Å². The van der Waals surface area contributed by atoms with Crippen LogP contribution in [0.1, 0.15) is 36.3 Å². The van der Waals surface area contributed by atoms with Gasteiger partial charge in [0.2, 0.25) is 0 Å². The average Bonchev–Trinajstić information content (AvgIpc) is 2.93. The minimum Gasteiger partial charge on any atom is -0.481 e. The highest BCUT2D eigenvalue weighted by atomic mass is 16.4. The van der Waals surface area contributed by atoms with E-state index in [1.807, 2.05) is 0 Å². The number of nitrogens with zero attached hydrogens (tertiary/aromatic N) is 1. The Morgan fingerprint density at radius 1 is 1.32 bits per heavy atom. The molecule has 0 amide bonds. The minimum atomic E-state index is -0.591. The van der Waals surface area contributed by atoms with Crippen LogP contribution in [0, 0.1) is 5.92 Å². The van der Waals surface area contributed by atoms with Crippen LogP contribution in [-0.4, -0.2) is 34.6 Å². The molecule has 3 aliphatic rings. The maximum atomic E-state index is 11.3. The molecule has 1 aliphatic carbocycles. The van der Waals surface area contributed by atoms with Gasteiger partial charge in [-0.1, -0.05) is 24.3 Å². The summed E-state index contributed by atoms with van der Waals surface area (Å²) in [5, 5.41) is 9.29. The number of hydrogen-bond acceptors (Lipinski definition) is 2. The maximum absolute atomic E-state index is 11.3. The number of rotatable bonds is 3. The molecule has 3 heteroatoms. The molecule has 2 saturated heterocycles. The van der Waals surface area contributed by atoms with Crippen molar-refractivity contribution in [1.82, 2.24) is 4.90 Å². The highest BCUT2D eigenvalue weighted by Crippen LogP contribution is 2.45. The van der Waals surface area contributed by atoms with Crippen molar-refractivity contribution in [3.63, 3.8) is 0 Å². The first-order valence-corrected chi connectivity index (χ1v) is 7.30. The van der Waals surface area contributed by atoms with Crippen molar-refractivity contribution < 1.29 is 9.90 Å². The van der Waals surface area contributed by atoms with Gasteiger partial charge in [0.05, 0.1) is 5.92 Å². The Morgan fingerprint density at radius 3 is 2.89 bits per heavy atom. The van der Waals surface area contributed by atoms with Gasteiger partial charge in [0, 0.05) is 24.5 Å². The molecule has 0 aromatic heterocycles. The Kier molecular flexibility index (Phi) is 2.46. The van der Waals surface area contributed by atoms with E-state index in [0.717, 1.165) is 19.4 Å². The largest absolute Gasteiger partial charge is 0.481 e. The molecule has 100 valence electrons. The molecule has 4 atom stereocenters. The normalized spacial score (nSPS) is 36.0. The quantitative estimate of drug-likeness (QED) is 0.903. The second-order valence-corrected chi connectivity index (χ2v) is 6.28. The predicted molar refractivity (Wildman–Crippen MR) is 72.1 cm³/mol. The van der Waals surface area contributed by atoms with Crippen LogP contribution in [0.3, 0.4) is 0 Å². The fraction of sp³-hybridized carbons (Fsp3) is 0.562. The van der Waals surface area contributed by atoms with Gasteiger partial charge in [-0.3, -0.25) is 9.69 Å². The SMILES string of the molecule is O=C(O)C1CC2CCC1N2CC1Cc2ccccc21. The maximum Gasteiger partial charge on any atom is 0.308 e. The third-order valence-corrected chi connectivity index (χ3v) is 5.39. The van der Waals surface area contributed by atoms with Crippen LogP contribution >= 0.6 is 0 Å². The van der Waals surface area contributed by atoms with E-state index in [1.165, 1.54) is 24.0 Å². The lowest BCUT2D eigenvalue weighted by atomic mass is 9.77. The van der Waals surface area contributed by atoms with E-state index < -0.39 is 5.97 Å². The first-order valence-electron chi connectivity index (χ1n) is 7.30. The van der Waals surface area contributed by atoms with Crippen molar-refractivity contribution in [2.45, 2.75) is 43.7 Å². The molecule has 1 N–H and O–H groups in total. The van der Waals surface area contributed by atoms with Gasteiger partial charge in [-0.25, -0.2) is 0 Å². The van der Waals surface area contributed by atoms with Gasteiger partial charge in [0.15, 0.2) is 0 Å². The molecule has 1 aromatic rings. The number of carbonyl (C=O) groups is 1. The fourth-order valence-corrected chi connectivity index (χ4v) is 4.43. The second-order valence-electron chi connectivity index (χ2n) is 6.28. The molecule has 4 rings (SSSR count). The van der Waals surface area contributed by atoms with E-state index >= 15 is 0 Å². The van der Waals surface area contributed by atoms with Crippen molar-refractivity contribution in [3.05, 3.63) is 35.4 Å². The second kappa shape index (κ2) is 4.07. The van der Waals surface area contributed by atoms with Crippen LogP contribution in [-0.2, 0) is 11.2 Å². The van der Waals surface area contributed by atoms with Crippen molar-refractivity contribution in [3.8, 4) is 0 Å². The molecule has 2 aliphatic heterocycles. The summed E-state index contributed by atoms with van der Waals surface area (Å²) in [6.45, 7) is 1.07. The number of hydrogen-bond donors (Lipinski definition) is 1. The lowest BCUT2D eigenvalue weighted by molar-refractivity contribution is -0.142. The topological polar surface area (TPSA) is 40.5 Å². The van der Waals surface area contributed by atoms with Crippen LogP contribution in [0.15, 0.2) is 24.3 Å². The lowest BCUT2D eigenvalue weighted by Crippen LogP contribution is -2.38. The van der Waals surface area contributed by atoms with Crippen molar-refractivity contribution >= 4 is 5.97 Å². The van der Waals surface area contributed by atoms with Crippen LogP contribution in [0.4, 0.5) is 0 Å². The van der Waals surface area contributed by atoms with E-state index in [0.29, 0.717) is 18.0 Å². The molecule has 2 heterocycles. The molecule has 19 heavy (non-hydrogen) atoms. The zero-order valence-corrected chi connectivity index (χ0v) is 11.0. The number of benzene rings is 1. The van der Waals surface area contributed by atoms with Crippen molar-refractivity contribution in [2.24, 2.45) is 5.92 Å². The van der Waals surface area contributed by atoms with Crippen LogP contribution in [0.2, 0.25) is 0 Å². The average molecular weight is 257 g/mol. The fourth-order valence-electron chi connectivity index (χ4n) is 4.43. The smallest absolute Gasteiger partial charge is 0.308 e. The molecule has 2 bridgehead atoms. The Hall–Kier alpha value is -1.35. The summed E-state index contributed by atoms with van der Waals surface area (Å²) >= 11 is 0. The van der Waals surface area contributed by atoms with Crippen LogP contribution in [0.25, 0.3) is 0 Å². The Labute approximate surface area is 113 Å². The lowest BCUT2D eigenvalue weighted by Gasteiger charge is -2.35. The number of aliphatic carboxylic acids is 1. The minimum absolute atomic E-state index is 0.117. The zero-order valence-electron chi connectivity index (χ0n) is 11.0. The monoisotopic (exact) mass is 257 g/mol. The Balaban J connectivity index is 1.49. The number of carboxylic acids is 1. The van der Waals surface area contributed by atoms with E-state index in [4.69, 9.17) is 0 Å². The van der Waals surface area contributed by atoms with Crippen LogP contribution < -0.4 is 0 Å². The van der Waals surface area contributed by atoms with Crippen molar-refractivity contribution in [1.29, 1.82) is 0 Å². The van der Waals surface area contributed by atoms with Gasteiger partial charge in [-0.05, 0) is 36.8 Å². The molecule has 0 spiro atoms. The summed E-state index contributed by atoms with van der Waals surface area (Å²) in [5.41, 5.74) is 2.97. The van der Waals surface area contributed by atoms with Crippen molar-refractivity contribution in [2.75, 3.05) is 6.54 Å². The molecule has 2 fully saturated rings. The van der Waals surface area contributed by atoms with Gasteiger partial charge in [0.1, 0.15) is 0 Å². The number of fused-ring (bicyclic) bond motifs is 3. The summed E-state index contributed by atoms with van der Waals surface area (Å²) < 4.78 is 0. The number of carboxylic acid groups (broad SMARTS) is 1. The molecular weight excluding hydrogens is 238 g/mol. The first-order chi connectivity index (χ1) is 9.24. The first kappa shape index (κ1) is 11.5. The summed E-state index contributed by atoms with van der Waals surface area (Å²) in [7, 11) is 0. The molecule has 1 aromatic carbocycles. The van der Waals surface area contributed by atoms with E-state index in [1.54, 1.807) is 0 Å². The standard InChI is InChI=1S/C16H19NO2/c18-16(19)14-8-12-5-6-15(14)17(12)9-11-7-10-3-1-2-4-13(10)11/h1-4,11-12,14-15H,5-9H2,(H,18,19). The van der Waals surface area contributed by atoms with Gasteiger partial charge in [-0.15, -0.1) is 0 Å². The third-order valence-electron chi connectivity index (χ3n) is 5.39. The summed E-state index contributed by atoms with van der Waals surface area (Å²) in [5.74, 6) is -0.0767. The van der Waals surface area contributed by atoms with E-state index in [-0.39, 0.29) is 5.92 Å². The summed E-state index contributed by atoms with van der Waals surface area (Å²) in [6.07, 6.45) is 4.32. The van der Waals surface area contributed by atoms with E-state index in [9.17, 15) is 9.90 Å². The Bertz CT molecular complexity index is 527. The molecular formula is C16H19NO2. The Morgan fingerprint density at radius 2 is 2.16 bits per heavy atom. The molecule has 0 radical (unpaired) electrons. The molecule has 0 saturated carbocycles. The zero-order chi connectivity index (χ0) is 13.0. The highest BCUT2D eigenvalue weighted by Gasteiger charge is 2.50.